The van der Waals surface area contributed by atoms with Crippen molar-refractivity contribution in [2.24, 2.45) is 11.1 Å². The van der Waals surface area contributed by atoms with Gasteiger partial charge in [-0.05, 0) is 31.0 Å². The van der Waals surface area contributed by atoms with Gasteiger partial charge >= 0.3 is 0 Å². The van der Waals surface area contributed by atoms with Gasteiger partial charge in [-0.2, -0.15) is 0 Å². The van der Waals surface area contributed by atoms with Gasteiger partial charge in [0.15, 0.2) is 0 Å². The van der Waals surface area contributed by atoms with E-state index in [1.807, 2.05) is 39.0 Å². The monoisotopic (exact) mass is 257 g/mol. The Morgan fingerprint density at radius 3 is 2.71 bits per heavy atom. The predicted molar refractivity (Wildman–Crippen MR) is 70.3 cm³/mol. The maximum Gasteiger partial charge on any atom is 0.138 e. The second kappa shape index (κ2) is 5.71. The van der Waals surface area contributed by atoms with Gasteiger partial charge in [-0.15, -0.1) is 0 Å². The Hall–Kier alpha value is -0.770. The molecule has 1 atom stereocenters. The zero-order valence-corrected chi connectivity index (χ0v) is 11.3. The molecule has 1 unspecified atom stereocenters. The lowest BCUT2D eigenvalue weighted by Crippen LogP contribution is -2.38. The fourth-order valence-electron chi connectivity index (χ4n) is 1.29. The molecule has 1 aromatic rings. The van der Waals surface area contributed by atoms with Gasteiger partial charge < -0.3 is 15.6 Å². The predicted octanol–water partition coefficient (Wildman–Crippen LogP) is 2.72. The third kappa shape index (κ3) is 4.19. The minimum atomic E-state index is -0.848. The average molecular weight is 258 g/mol. The van der Waals surface area contributed by atoms with Gasteiger partial charge in [0.1, 0.15) is 12.0 Å². The molecule has 0 radical (unpaired) electrons. The highest BCUT2D eigenvalue weighted by molar-refractivity contribution is 6.32. The van der Waals surface area contributed by atoms with Gasteiger partial charge in [-0.3, -0.25) is 0 Å². The summed E-state index contributed by atoms with van der Waals surface area (Å²) in [4.78, 5) is 0. The first kappa shape index (κ1) is 14.3. The average Bonchev–Trinajstić information content (AvgIpc) is 2.22. The van der Waals surface area contributed by atoms with Gasteiger partial charge in [-0.25, -0.2) is 0 Å². The number of rotatable bonds is 5. The van der Waals surface area contributed by atoms with Crippen LogP contribution in [-0.2, 0) is 0 Å². The van der Waals surface area contributed by atoms with E-state index in [0.29, 0.717) is 23.8 Å². The van der Waals surface area contributed by atoms with Crippen molar-refractivity contribution in [3.63, 3.8) is 0 Å². The molecule has 0 fully saturated rings. The van der Waals surface area contributed by atoms with E-state index in [2.05, 4.69) is 0 Å². The zero-order valence-electron chi connectivity index (χ0n) is 10.5. The van der Waals surface area contributed by atoms with Crippen LogP contribution < -0.4 is 10.5 Å². The highest BCUT2D eigenvalue weighted by Crippen LogP contribution is 2.27. The summed E-state index contributed by atoms with van der Waals surface area (Å²) in [6.07, 6.45) is -0.186. The highest BCUT2D eigenvalue weighted by Gasteiger charge is 2.24. The third-order valence-electron chi connectivity index (χ3n) is 2.89. The summed E-state index contributed by atoms with van der Waals surface area (Å²) in [5, 5.41) is 9.97. The molecule has 1 rings (SSSR count). The van der Waals surface area contributed by atoms with E-state index in [1.54, 1.807) is 0 Å². The number of hydrogen-bond acceptors (Lipinski definition) is 3. The van der Waals surface area contributed by atoms with Crippen LogP contribution in [0.4, 0.5) is 0 Å². The number of aryl methyl sites for hydroxylation is 1. The second-order valence-electron chi connectivity index (χ2n) is 4.97. The van der Waals surface area contributed by atoms with E-state index in [0.717, 1.165) is 5.56 Å². The molecule has 0 aromatic heterocycles. The number of nitrogens with two attached hydrogens (primary N) is 1. The molecule has 0 bridgehead atoms. The lowest BCUT2D eigenvalue weighted by molar-refractivity contribution is 0.0394. The number of aliphatic hydroxyl groups is 1. The molecule has 0 amide bonds. The minimum Gasteiger partial charge on any atom is -0.492 e. The molecule has 0 saturated heterocycles. The van der Waals surface area contributed by atoms with Crippen LogP contribution >= 0.6 is 11.6 Å². The van der Waals surface area contributed by atoms with Crippen molar-refractivity contribution in [3.8, 4) is 5.75 Å². The van der Waals surface area contributed by atoms with Crippen LogP contribution in [0.3, 0.4) is 0 Å². The molecule has 0 aliphatic heterocycles. The molecular formula is C13H20ClNO2. The van der Waals surface area contributed by atoms with Gasteiger partial charge in [0.2, 0.25) is 0 Å². The summed E-state index contributed by atoms with van der Waals surface area (Å²) < 4.78 is 5.61. The molecule has 3 nitrogen and oxygen atoms in total. The molecule has 0 heterocycles. The molecule has 0 aliphatic rings. The van der Waals surface area contributed by atoms with Crippen LogP contribution in [0.2, 0.25) is 5.02 Å². The molecule has 0 saturated carbocycles. The first-order chi connectivity index (χ1) is 7.83. The van der Waals surface area contributed by atoms with Gasteiger partial charge in [0, 0.05) is 5.41 Å². The Labute approximate surface area is 108 Å². The Morgan fingerprint density at radius 2 is 2.12 bits per heavy atom. The Bertz CT molecular complexity index is 378. The number of hydrogen-bond donors (Lipinski definition) is 2. The quantitative estimate of drug-likeness (QED) is 0.798. The van der Waals surface area contributed by atoms with Crippen molar-refractivity contribution in [2.75, 3.05) is 6.61 Å². The van der Waals surface area contributed by atoms with Crippen LogP contribution in [0.1, 0.15) is 25.8 Å². The SMILES string of the molecule is Cc1ccc(Cl)c(OCCC(C)(C)C(N)O)c1. The van der Waals surface area contributed by atoms with Crippen LogP contribution in [0.15, 0.2) is 18.2 Å². The smallest absolute Gasteiger partial charge is 0.138 e. The molecule has 17 heavy (non-hydrogen) atoms. The molecule has 3 N–H and O–H groups in total. The van der Waals surface area contributed by atoms with E-state index in [9.17, 15) is 5.11 Å². The number of halogens is 1. The lowest BCUT2D eigenvalue weighted by Gasteiger charge is -2.27. The summed E-state index contributed by atoms with van der Waals surface area (Å²) in [6, 6.07) is 5.64. The van der Waals surface area contributed by atoms with Crippen molar-refractivity contribution in [1.29, 1.82) is 0 Å². The minimum absolute atomic E-state index is 0.365. The van der Waals surface area contributed by atoms with E-state index < -0.39 is 6.23 Å². The van der Waals surface area contributed by atoms with E-state index in [-0.39, 0.29) is 5.41 Å². The summed E-state index contributed by atoms with van der Waals surface area (Å²) >= 11 is 6.01. The fourth-order valence-corrected chi connectivity index (χ4v) is 1.47. The van der Waals surface area contributed by atoms with Gasteiger partial charge in [0.05, 0.1) is 11.6 Å². The van der Waals surface area contributed by atoms with Crippen molar-refractivity contribution in [1.82, 2.24) is 0 Å². The summed E-state index contributed by atoms with van der Waals surface area (Å²) in [5.41, 5.74) is 6.21. The summed E-state index contributed by atoms with van der Waals surface area (Å²) in [6.45, 7) is 6.26. The third-order valence-corrected chi connectivity index (χ3v) is 3.20. The van der Waals surface area contributed by atoms with Crippen molar-refractivity contribution in [3.05, 3.63) is 28.8 Å². The van der Waals surface area contributed by atoms with Crippen molar-refractivity contribution < 1.29 is 9.84 Å². The topological polar surface area (TPSA) is 55.5 Å². The van der Waals surface area contributed by atoms with Crippen LogP contribution in [0.5, 0.6) is 5.75 Å². The Morgan fingerprint density at radius 1 is 1.47 bits per heavy atom. The highest BCUT2D eigenvalue weighted by atomic mass is 35.5. The standard InChI is InChI=1S/C13H20ClNO2/c1-9-4-5-10(14)11(8-9)17-7-6-13(2,3)12(15)16/h4-5,8,12,16H,6-7,15H2,1-3H3. The van der Waals surface area contributed by atoms with Crippen molar-refractivity contribution >= 4 is 11.6 Å². The van der Waals surface area contributed by atoms with Crippen molar-refractivity contribution in [2.45, 2.75) is 33.4 Å². The molecular weight excluding hydrogens is 238 g/mol. The first-order valence-electron chi connectivity index (χ1n) is 5.65. The Balaban J connectivity index is 2.54. The van der Waals surface area contributed by atoms with Gasteiger partial charge in [0.25, 0.3) is 0 Å². The number of aliphatic hydroxyl groups excluding tert-OH is 1. The molecule has 0 aliphatic carbocycles. The van der Waals surface area contributed by atoms with Gasteiger partial charge in [-0.1, -0.05) is 31.5 Å². The largest absolute Gasteiger partial charge is 0.492 e. The second-order valence-corrected chi connectivity index (χ2v) is 5.37. The van der Waals surface area contributed by atoms with E-state index in [1.165, 1.54) is 0 Å². The normalized spacial score (nSPS) is 13.5. The first-order valence-corrected chi connectivity index (χ1v) is 6.03. The molecule has 1 aromatic carbocycles. The zero-order chi connectivity index (χ0) is 13.1. The summed E-state index contributed by atoms with van der Waals surface area (Å²) in [5.74, 6) is 0.675. The molecule has 96 valence electrons. The van der Waals surface area contributed by atoms with E-state index in [4.69, 9.17) is 22.1 Å². The maximum atomic E-state index is 9.37. The van der Waals surface area contributed by atoms with Crippen LogP contribution in [0.25, 0.3) is 0 Å². The fraction of sp³-hybridized carbons (Fsp3) is 0.538. The molecule has 4 heteroatoms. The number of benzene rings is 1. The maximum absolute atomic E-state index is 9.37. The lowest BCUT2D eigenvalue weighted by atomic mass is 9.88. The van der Waals surface area contributed by atoms with Crippen LogP contribution in [-0.4, -0.2) is 17.9 Å². The molecule has 0 spiro atoms. The number of ether oxygens (including phenoxy) is 1. The van der Waals surface area contributed by atoms with Crippen LogP contribution in [0, 0.1) is 12.3 Å². The van der Waals surface area contributed by atoms with E-state index >= 15 is 0 Å². The summed E-state index contributed by atoms with van der Waals surface area (Å²) in [7, 11) is 0. The Kier molecular flexibility index (Phi) is 4.80.